The average Bonchev–Trinajstić information content (AvgIpc) is 3.17. The Labute approximate surface area is 130 Å². The van der Waals surface area contributed by atoms with Crippen LogP contribution in [0.15, 0.2) is 59.3 Å². The van der Waals surface area contributed by atoms with E-state index in [9.17, 15) is 4.79 Å². The van der Waals surface area contributed by atoms with Crippen LogP contribution in [-0.2, 0) is 4.79 Å². The highest BCUT2D eigenvalue weighted by molar-refractivity contribution is 7.16. The molecular weight excluding hydrogens is 300 g/mol. The molecule has 0 spiro atoms. The molecule has 1 aromatic carbocycles. The van der Waals surface area contributed by atoms with Gasteiger partial charge in [-0.1, -0.05) is 36.4 Å². The van der Waals surface area contributed by atoms with E-state index >= 15 is 0 Å². The molecule has 0 saturated heterocycles. The SMILES string of the molecule is O=C(C=Cc1ccccc1)Nc1nc(-c2cccs2)cs1. The van der Waals surface area contributed by atoms with Gasteiger partial charge in [0.25, 0.3) is 0 Å². The number of nitrogens with zero attached hydrogens (tertiary/aromatic N) is 1. The minimum absolute atomic E-state index is 0.175. The van der Waals surface area contributed by atoms with Gasteiger partial charge in [0.2, 0.25) is 5.91 Å². The third-order valence-corrected chi connectivity index (χ3v) is 4.38. The van der Waals surface area contributed by atoms with Crippen LogP contribution in [0.25, 0.3) is 16.6 Å². The first-order valence-electron chi connectivity index (χ1n) is 6.35. The van der Waals surface area contributed by atoms with E-state index in [1.54, 1.807) is 17.4 Å². The lowest BCUT2D eigenvalue weighted by Crippen LogP contribution is -2.07. The maximum atomic E-state index is 11.9. The maximum Gasteiger partial charge on any atom is 0.250 e. The third kappa shape index (κ3) is 3.65. The Bertz CT molecular complexity index is 746. The van der Waals surface area contributed by atoms with Crippen molar-refractivity contribution in [2.45, 2.75) is 0 Å². The summed E-state index contributed by atoms with van der Waals surface area (Å²) in [5.41, 5.74) is 1.89. The highest BCUT2D eigenvalue weighted by Gasteiger charge is 2.06. The van der Waals surface area contributed by atoms with Crippen LogP contribution < -0.4 is 5.32 Å². The zero-order chi connectivity index (χ0) is 14.5. The molecule has 2 heterocycles. The van der Waals surface area contributed by atoms with Gasteiger partial charge in [0.05, 0.1) is 10.6 Å². The summed E-state index contributed by atoms with van der Waals surface area (Å²) in [6.07, 6.45) is 3.30. The number of benzene rings is 1. The molecule has 3 aromatic rings. The number of rotatable bonds is 4. The first-order chi connectivity index (χ1) is 10.3. The number of amides is 1. The lowest BCUT2D eigenvalue weighted by atomic mass is 10.2. The normalized spacial score (nSPS) is 10.9. The van der Waals surface area contributed by atoms with Gasteiger partial charge in [-0.2, -0.15) is 0 Å². The maximum absolute atomic E-state index is 11.9. The highest BCUT2D eigenvalue weighted by atomic mass is 32.1. The largest absolute Gasteiger partial charge is 0.298 e. The molecule has 2 aromatic heterocycles. The summed E-state index contributed by atoms with van der Waals surface area (Å²) >= 11 is 3.06. The Hall–Kier alpha value is -2.24. The second-order valence-corrected chi connectivity index (χ2v) is 6.05. The molecule has 0 fully saturated rings. The zero-order valence-electron chi connectivity index (χ0n) is 11.0. The quantitative estimate of drug-likeness (QED) is 0.719. The van der Waals surface area contributed by atoms with E-state index in [2.05, 4.69) is 10.3 Å². The van der Waals surface area contributed by atoms with E-state index in [4.69, 9.17) is 0 Å². The van der Waals surface area contributed by atoms with Crippen molar-refractivity contribution in [1.29, 1.82) is 0 Å². The molecule has 1 amide bonds. The van der Waals surface area contributed by atoms with Gasteiger partial charge < -0.3 is 0 Å². The van der Waals surface area contributed by atoms with Crippen LogP contribution in [0, 0.1) is 0 Å². The first-order valence-corrected chi connectivity index (χ1v) is 8.11. The van der Waals surface area contributed by atoms with Crippen LogP contribution in [0.4, 0.5) is 5.13 Å². The Morgan fingerprint density at radius 2 is 1.95 bits per heavy atom. The number of anilines is 1. The Morgan fingerprint density at radius 3 is 2.71 bits per heavy atom. The minimum Gasteiger partial charge on any atom is -0.298 e. The van der Waals surface area contributed by atoms with Crippen molar-refractivity contribution in [2.24, 2.45) is 0 Å². The van der Waals surface area contributed by atoms with Gasteiger partial charge in [0.15, 0.2) is 5.13 Å². The van der Waals surface area contributed by atoms with Gasteiger partial charge in [0.1, 0.15) is 0 Å². The second-order valence-electron chi connectivity index (χ2n) is 4.25. The number of thiazole rings is 1. The molecule has 1 N–H and O–H groups in total. The highest BCUT2D eigenvalue weighted by Crippen LogP contribution is 2.28. The molecule has 0 saturated carbocycles. The van der Waals surface area contributed by atoms with Gasteiger partial charge in [0, 0.05) is 11.5 Å². The Morgan fingerprint density at radius 1 is 1.10 bits per heavy atom. The van der Waals surface area contributed by atoms with Crippen LogP contribution in [-0.4, -0.2) is 10.9 Å². The number of aromatic nitrogens is 1. The van der Waals surface area contributed by atoms with Gasteiger partial charge in [-0.3, -0.25) is 10.1 Å². The van der Waals surface area contributed by atoms with E-state index < -0.39 is 0 Å². The molecule has 0 aliphatic heterocycles. The number of carbonyl (C=O) groups is 1. The lowest BCUT2D eigenvalue weighted by molar-refractivity contribution is -0.111. The molecule has 0 atom stereocenters. The smallest absolute Gasteiger partial charge is 0.250 e. The van der Waals surface area contributed by atoms with E-state index in [0.29, 0.717) is 5.13 Å². The molecule has 0 aliphatic rings. The molecule has 0 unspecified atom stereocenters. The number of hydrogen-bond donors (Lipinski definition) is 1. The molecule has 5 heteroatoms. The van der Waals surface area contributed by atoms with Crippen molar-refractivity contribution in [3.8, 4) is 10.6 Å². The van der Waals surface area contributed by atoms with Gasteiger partial charge in [-0.05, 0) is 23.1 Å². The molecule has 3 nitrogen and oxygen atoms in total. The van der Waals surface area contributed by atoms with E-state index in [1.165, 1.54) is 17.4 Å². The fourth-order valence-electron chi connectivity index (χ4n) is 1.75. The van der Waals surface area contributed by atoms with Crippen molar-refractivity contribution in [1.82, 2.24) is 4.98 Å². The standard InChI is InChI=1S/C16H12N2OS2/c19-15(9-8-12-5-2-1-3-6-12)18-16-17-13(11-21-16)14-7-4-10-20-14/h1-11H,(H,17,18,19). The summed E-state index contributed by atoms with van der Waals surface area (Å²) in [7, 11) is 0. The Balaban J connectivity index is 1.64. The summed E-state index contributed by atoms with van der Waals surface area (Å²) < 4.78 is 0. The zero-order valence-corrected chi connectivity index (χ0v) is 12.7. The third-order valence-electron chi connectivity index (χ3n) is 2.73. The van der Waals surface area contributed by atoms with Crippen LogP contribution in [0.1, 0.15) is 5.56 Å². The van der Waals surface area contributed by atoms with Crippen molar-refractivity contribution in [2.75, 3.05) is 5.32 Å². The van der Waals surface area contributed by atoms with Crippen molar-refractivity contribution in [3.05, 3.63) is 64.9 Å². The number of nitrogens with one attached hydrogen (secondary N) is 1. The van der Waals surface area contributed by atoms with Crippen molar-refractivity contribution >= 4 is 39.8 Å². The predicted octanol–water partition coefficient (Wildman–Crippen LogP) is 4.52. The molecule has 21 heavy (non-hydrogen) atoms. The number of thiophene rings is 1. The molecule has 0 bridgehead atoms. The van der Waals surface area contributed by atoms with E-state index in [1.807, 2.05) is 53.2 Å². The van der Waals surface area contributed by atoms with Crippen LogP contribution in [0.2, 0.25) is 0 Å². The number of hydrogen-bond acceptors (Lipinski definition) is 4. The number of carbonyl (C=O) groups excluding carboxylic acids is 1. The van der Waals surface area contributed by atoms with Gasteiger partial charge in [-0.15, -0.1) is 22.7 Å². The van der Waals surface area contributed by atoms with E-state index in [0.717, 1.165) is 16.1 Å². The fourth-order valence-corrected chi connectivity index (χ4v) is 3.23. The first kappa shape index (κ1) is 13.7. The molecule has 0 aliphatic carbocycles. The summed E-state index contributed by atoms with van der Waals surface area (Å²) in [6, 6.07) is 13.7. The van der Waals surface area contributed by atoms with E-state index in [-0.39, 0.29) is 5.91 Å². The fraction of sp³-hybridized carbons (Fsp3) is 0. The van der Waals surface area contributed by atoms with Crippen molar-refractivity contribution in [3.63, 3.8) is 0 Å². The van der Waals surface area contributed by atoms with Gasteiger partial charge >= 0.3 is 0 Å². The van der Waals surface area contributed by atoms with Crippen LogP contribution in [0.5, 0.6) is 0 Å². The summed E-state index contributed by atoms with van der Waals surface area (Å²) in [5.74, 6) is -0.175. The Kier molecular flexibility index (Phi) is 4.23. The van der Waals surface area contributed by atoms with Crippen molar-refractivity contribution < 1.29 is 4.79 Å². The monoisotopic (exact) mass is 312 g/mol. The molecule has 0 radical (unpaired) electrons. The van der Waals surface area contributed by atoms with Crippen LogP contribution in [0.3, 0.4) is 0 Å². The van der Waals surface area contributed by atoms with Gasteiger partial charge in [-0.25, -0.2) is 4.98 Å². The minimum atomic E-state index is -0.175. The topological polar surface area (TPSA) is 42.0 Å². The molecule has 3 rings (SSSR count). The second kappa shape index (κ2) is 6.47. The summed E-state index contributed by atoms with van der Waals surface area (Å²) in [5, 5.41) is 7.35. The average molecular weight is 312 g/mol. The summed E-state index contributed by atoms with van der Waals surface area (Å²) in [4.78, 5) is 17.4. The predicted molar refractivity (Wildman–Crippen MR) is 89.5 cm³/mol. The summed E-state index contributed by atoms with van der Waals surface area (Å²) in [6.45, 7) is 0. The van der Waals surface area contributed by atoms with Crippen LogP contribution >= 0.6 is 22.7 Å². The molecule has 104 valence electrons. The molecular formula is C16H12N2OS2. The lowest BCUT2D eigenvalue weighted by Gasteiger charge is -1.96.